The van der Waals surface area contributed by atoms with Crippen LogP contribution in [-0.2, 0) is 0 Å². The molecule has 0 radical (unpaired) electrons. The summed E-state index contributed by atoms with van der Waals surface area (Å²) < 4.78 is 1.59. The number of aromatic carboxylic acids is 1. The van der Waals surface area contributed by atoms with Gasteiger partial charge in [-0.15, -0.1) is 0 Å². The number of benzene rings is 1. The molecule has 0 unspecified atom stereocenters. The maximum Gasteiger partial charge on any atom is 0.339 e. The van der Waals surface area contributed by atoms with E-state index in [0.717, 1.165) is 5.69 Å². The SMILES string of the molecule is Cc1nn(-c2cccc(N)c2)c(C)c1C(=O)O. The van der Waals surface area contributed by atoms with E-state index in [9.17, 15) is 4.79 Å². The lowest BCUT2D eigenvalue weighted by atomic mass is 10.2. The van der Waals surface area contributed by atoms with Crippen molar-refractivity contribution in [2.24, 2.45) is 0 Å². The highest BCUT2D eigenvalue weighted by molar-refractivity contribution is 5.90. The van der Waals surface area contributed by atoms with Crippen molar-refractivity contribution in [1.29, 1.82) is 0 Å². The first-order valence-electron chi connectivity index (χ1n) is 5.16. The third kappa shape index (κ3) is 1.87. The van der Waals surface area contributed by atoms with Crippen molar-refractivity contribution in [3.63, 3.8) is 0 Å². The number of aryl methyl sites for hydroxylation is 1. The summed E-state index contributed by atoms with van der Waals surface area (Å²) in [7, 11) is 0. The second-order valence-electron chi connectivity index (χ2n) is 3.86. The summed E-state index contributed by atoms with van der Waals surface area (Å²) in [6, 6.07) is 7.17. The molecule has 0 aliphatic carbocycles. The third-order valence-corrected chi connectivity index (χ3v) is 2.62. The number of hydrogen-bond donors (Lipinski definition) is 2. The molecule has 1 aromatic heterocycles. The molecule has 88 valence electrons. The van der Waals surface area contributed by atoms with Crippen LogP contribution in [0.3, 0.4) is 0 Å². The minimum Gasteiger partial charge on any atom is -0.478 e. The van der Waals surface area contributed by atoms with E-state index in [-0.39, 0.29) is 5.56 Å². The highest BCUT2D eigenvalue weighted by atomic mass is 16.4. The van der Waals surface area contributed by atoms with E-state index in [1.807, 2.05) is 12.1 Å². The van der Waals surface area contributed by atoms with Crippen LogP contribution in [0, 0.1) is 13.8 Å². The molecule has 3 N–H and O–H groups in total. The van der Waals surface area contributed by atoms with Crippen molar-refractivity contribution in [2.75, 3.05) is 5.73 Å². The largest absolute Gasteiger partial charge is 0.478 e. The molecule has 0 aliphatic rings. The molecule has 0 aliphatic heterocycles. The summed E-state index contributed by atoms with van der Waals surface area (Å²) in [5.41, 5.74) is 8.41. The highest BCUT2D eigenvalue weighted by Gasteiger charge is 2.18. The van der Waals surface area contributed by atoms with Gasteiger partial charge in [-0.05, 0) is 32.0 Å². The van der Waals surface area contributed by atoms with Gasteiger partial charge in [0.25, 0.3) is 0 Å². The molecule has 0 saturated heterocycles. The van der Waals surface area contributed by atoms with Crippen LogP contribution >= 0.6 is 0 Å². The van der Waals surface area contributed by atoms with Gasteiger partial charge in [0.15, 0.2) is 0 Å². The Morgan fingerprint density at radius 3 is 2.65 bits per heavy atom. The zero-order valence-electron chi connectivity index (χ0n) is 9.64. The first-order chi connectivity index (χ1) is 8.00. The van der Waals surface area contributed by atoms with E-state index < -0.39 is 5.97 Å². The van der Waals surface area contributed by atoms with E-state index in [0.29, 0.717) is 17.1 Å². The molecule has 1 heterocycles. The highest BCUT2D eigenvalue weighted by Crippen LogP contribution is 2.19. The van der Waals surface area contributed by atoms with Crippen LogP contribution in [0.1, 0.15) is 21.7 Å². The molecule has 2 rings (SSSR count). The van der Waals surface area contributed by atoms with Gasteiger partial charge in [0, 0.05) is 5.69 Å². The second kappa shape index (κ2) is 3.93. The number of anilines is 1. The Kier molecular flexibility index (Phi) is 2.59. The van der Waals surface area contributed by atoms with Crippen molar-refractivity contribution in [3.8, 4) is 5.69 Å². The Morgan fingerprint density at radius 2 is 2.12 bits per heavy atom. The lowest BCUT2D eigenvalue weighted by molar-refractivity contribution is 0.0695. The Balaban J connectivity index is 2.62. The predicted octanol–water partition coefficient (Wildman–Crippen LogP) is 1.77. The van der Waals surface area contributed by atoms with E-state index in [2.05, 4.69) is 5.10 Å². The van der Waals surface area contributed by atoms with Crippen LogP contribution < -0.4 is 5.73 Å². The molecular weight excluding hydrogens is 218 g/mol. The van der Waals surface area contributed by atoms with Crippen LogP contribution in [0.15, 0.2) is 24.3 Å². The molecule has 2 aromatic rings. The number of carboxylic acid groups (broad SMARTS) is 1. The molecule has 5 heteroatoms. The number of carbonyl (C=O) groups is 1. The van der Waals surface area contributed by atoms with Gasteiger partial charge in [-0.1, -0.05) is 6.07 Å². The van der Waals surface area contributed by atoms with E-state index in [1.54, 1.807) is 30.7 Å². The van der Waals surface area contributed by atoms with Gasteiger partial charge in [-0.3, -0.25) is 0 Å². The lowest BCUT2D eigenvalue weighted by Crippen LogP contribution is -2.03. The van der Waals surface area contributed by atoms with E-state index in [4.69, 9.17) is 10.8 Å². The summed E-state index contributed by atoms with van der Waals surface area (Å²) in [6.07, 6.45) is 0. The molecule has 0 fully saturated rings. The van der Waals surface area contributed by atoms with Crippen molar-refractivity contribution in [3.05, 3.63) is 41.2 Å². The van der Waals surface area contributed by atoms with Gasteiger partial charge in [-0.2, -0.15) is 5.10 Å². The topological polar surface area (TPSA) is 81.1 Å². The van der Waals surface area contributed by atoms with E-state index in [1.165, 1.54) is 0 Å². The third-order valence-electron chi connectivity index (χ3n) is 2.62. The summed E-state index contributed by atoms with van der Waals surface area (Å²) in [4.78, 5) is 11.1. The first-order valence-corrected chi connectivity index (χ1v) is 5.16. The van der Waals surface area contributed by atoms with Gasteiger partial charge in [0.05, 0.1) is 17.1 Å². The fourth-order valence-electron chi connectivity index (χ4n) is 1.86. The maximum atomic E-state index is 11.1. The van der Waals surface area contributed by atoms with Gasteiger partial charge in [0.1, 0.15) is 5.56 Å². The molecule has 0 spiro atoms. The minimum atomic E-state index is -0.963. The zero-order valence-corrected chi connectivity index (χ0v) is 9.64. The second-order valence-corrected chi connectivity index (χ2v) is 3.86. The monoisotopic (exact) mass is 231 g/mol. The maximum absolute atomic E-state index is 11.1. The van der Waals surface area contributed by atoms with Crippen LogP contribution in [0.5, 0.6) is 0 Å². The average molecular weight is 231 g/mol. The van der Waals surface area contributed by atoms with Gasteiger partial charge in [0.2, 0.25) is 0 Å². The number of aromatic nitrogens is 2. The van der Waals surface area contributed by atoms with Crippen molar-refractivity contribution >= 4 is 11.7 Å². The molecule has 0 amide bonds. The molecular formula is C12H13N3O2. The zero-order chi connectivity index (χ0) is 12.6. The summed E-state index contributed by atoms with van der Waals surface area (Å²) >= 11 is 0. The number of nitrogen functional groups attached to an aromatic ring is 1. The number of nitrogens with two attached hydrogens (primary N) is 1. The minimum absolute atomic E-state index is 0.243. The average Bonchev–Trinajstić information content (AvgIpc) is 2.54. The standard InChI is InChI=1S/C12H13N3O2/c1-7-11(12(16)17)8(2)15(14-7)10-5-3-4-9(13)6-10/h3-6H,13H2,1-2H3,(H,16,17). The Bertz CT molecular complexity index is 587. The van der Waals surface area contributed by atoms with Gasteiger partial charge in [-0.25, -0.2) is 9.48 Å². The molecule has 0 bridgehead atoms. The van der Waals surface area contributed by atoms with Crippen LogP contribution in [0.2, 0.25) is 0 Å². The van der Waals surface area contributed by atoms with Crippen molar-refractivity contribution in [1.82, 2.24) is 9.78 Å². The number of hydrogen-bond acceptors (Lipinski definition) is 3. The van der Waals surface area contributed by atoms with Gasteiger partial charge >= 0.3 is 5.97 Å². The molecule has 5 nitrogen and oxygen atoms in total. The van der Waals surface area contributed by atoms with Crippen molar-refractivity contribution < 1.29 is 9.90 Å². The van der Waals surface area contributed by atoms with Crippen LogP contribution in [0.25, 0.3) is 5.69 Å². The first kappa shape index (κ1) is 11.2. The quantitative estimate of drug-likeness (QED) is 0.772. The van der Waals surface area contributed by atoms with Crippen LogP contribution in [0.4, 0.5) is 5.69 Å². The number of carboxylic acids is 1. The summed E-state index contributed by atoms with van der Waals surface area (Å²) in [5, 5.41) is 13.3. The molecule has 17 heavy (non-hydrogen) atoms. The van der Waals surface area contributed by atoms with Crippen LogP contribution in [-0.4, -0.2) is 20.9 Å². The molecule has 0 atom stereocenters. The number of nitrogens with zero attached hydrogens (tertiary/aromatic N) is 2. The Morgan fingerprint density at radius 1 is 1.41 bits per heavy atom. The van der Waals surface area contributed by atoms with E-state index >= 15 is 0 Å². The lowest BCUT2D eigenvalue weighted by Gasteiger charge is -2.05. The Hall–Kier alpha value is -2.30. The normalized spacial score (nSPS) is 10.5. The fourth-order valence-corrected chi connectivity index (χ4v) is 1.86. The summed E-state index contributed by atoms with van der Waals surface area (Å²) in [6.45, 7) is 3.41. The van der Waals surface area contributed by atoms with Crippen molar-refractivity contribution in [2.45, 2.75) is 13.8 Å². The fraction of sp³-hybridized carbons (Fsp3) is 0.167. The van der Waals surface area contributed by atoms with Gasteiger partial charge < -0.3 is 10.8 Å². The number of rotatable bonds is 2. The molecule has 1 aromatic carbocycles. The smallest absolute Gasteiger partial charge is 0.339 e. The molecule has 0 saturated carbocycles. The summed E-state index contributed by atoms with van der Waals surface area (Å²) in [5.74, 6) is -0.963. The predicted molar refractivity (Wildman–Crippen MR) is 64.4 cm³/mol. The Labute approximate surface area is 98.5 Å².